The highest BCUT2D eigenvalue weighted by Gasteiger charge is 2.28. The van der Waals surface area contributed by atoms with Crippen LogP contribution in [0.4, 0.5) is 19.3 Å². The Morgan fingerprint density at radius 2 is 1.97 bits per heavy atom. The predicted molar refractivity (Wildman–Crippen MR) is 107 cm³/mol. The van der Waals surface area contributed by atoms with E-state index in [0.29, 0.717) is 42.4 Å². The summed E-state index contributed by atoms with van der Waals surface area (Å²) in [4.78, 5) is 22.8. The fourth-order valence-corrected chi connectivity index (χ4v) is 3.63. The highest BCUT2D eigenvalue weighted by Crippen LogP contribution is 2.31. The molecule has 10 heteroatoms. The van der Waals surface area contributed by atoms with Crippen LogP contribution < -0.4 is 5.32 Å². The standard InChI is InChI=1S/C19H21F2N5O2S/c1-11(25-28)13-10-22-18(29-2)23-16(13)12-6-8-26(9-7-12)19(27)24-17-14(20)4-3-5-15(17)21/h3-5,10,12,28H,6-9H2,1-2H3,(H,24,27)/b25-11+. The molecule has 1 aliphatic rings. The van der Waals surface area contributed by atoms with Gasteiger partial charge in [0, 0.05) is 30.8 Å². The van der Waals surface area contributed by atoms with Crippen molar-refractivity contribution < 1.29 is 18.8 Å². The molecule has 0 radical (unpaired) electrons. The molecule has 0 atom stereocenters. The number of nitrogens with zero attached hydrogens (tertiary/aromatic N) is 4. The van der Waals surface area contributed by atoms with Crippen LogP contribution in [-0.2, 0) is 0 Å². The predicted octanol–water partition coefficient (Wildman–Crippen LogP) is 4.09. The molecule has 1 aromatic carbocycles. The second kappa shape index (κ2) is 9.17. The van der Waals surface area contributed by atoms with Crippen molar-refractivity contribution in [2.75, 3.05) is 24.7 Å². The molecule has 2 heterocycles. The van der Waals surface area contributed by atoms with E-state index in [1.807, 2.05) is 6.26 Å². The minimum absolute atomic E-state index is 0.0462. The van der Waals surface area contributed by atoms with Crippen molar-refractivity contribution in [3.63, 3.8) is 0 Å². The van der Waals surface area contributed by atoms with E-state index < -0.39 is 23.4 Å². The lowest BCUT2D eigenvalue weighted by atomic mass is 9.90. The van der Waals surface area contributed by atoms with Gasteiger partial charge in [0.15, 0.2) is 5.16 Å². The van der Waals surface area contributed by atoms with Crippen LogP contribution in [0.2, 0.25) is 0 Å². The van der Waals surface area contributed by atoms with E-state index in [9.17, 15) is 13.6 Å². The van der Waals surface area contributed by atoms with Gasteiger partial charge in [0.2, 0.25) is 0 Å². The third-order valence-electron chi connectivity index (χ3n) is 4.88. The maximum absolute atomic E-state index is 13.8. The SMILES string of the molecule is CSc1ncc(/C(C)=N/O)c(C2CCN(C(=O)Nc3c(F)cccc3F)CC2)n1. The summed E-state index contributed by atoms with van der Waals surface area (Å²) in [5.74, 6) is -1.59. The molecule has 1 fully saturated rings. The lowest BCUT2D eigenvalue weighted by Crippen LogP contribution is -2.41. The Labute approximate surface area is 171 Å². The summed E-state index contributed by atoms with van der Waals surface area (Å²) >= 11 is 1.41. The van der Waals surface area contributed by atoms with Crippen LogP contribution in [0.1, 0.15) is 36.9 Å². The molecule has 0 spiro atoms. The topological polar surface area (TPSA) is 90.7 Å². The van der Waals surface area contributed by atoms with Crippen LogP contribution in [0.3, 0.4) is 0 Å². The number of urea groups is 1. The first-order valence-corrected chi connectivity index (χ1v) is 10.3. The summed E-state index contributed by atoms with van der Waals surface area (Å²) in [6.45, 7) is 2.48. The molecule has 3 rings (SSSR count). The van der Waals surface area contributed by atoms with Crippen LogP contribution in [0.15, 0.2) is 34.7 Å². The normalized spacial score (nSPS) is 15.4. The Bertz CT molecular complexity index is 913. The van der Waals surface area contributed by atoms with Gasteiger partial charge in [0.05, 0.1) is 11.4 Å². The lowest BCUT2D eigenvalue weighted by Gasteiger charge is -2.32. The fourth-order valence-electron chi connectivity index (χ4n) is 3.28. The number of hydrogen-bond donors (Lipinski definition) is 2. The van der Waals surface area contributed by atoms with E-state index in [0.717, 1.165) is 17.8 Å². The molecule has 2 aromatic rings. The number of amides is 2. The van der Waals surface area contributed by atoms with Crippen LogP contribution in [0, 0.1) is 11.6 Å². The van der Waals surface area contributed by atoms with Crippen molar-refractivity contribution in [3.05, 3.63) is 47.3 Å². The number of aromatic nitrogens is 2. The van der Waals surface area contributed by atoms with Gasteiger partial charge in [0.25, 0.3) is 0 Å². The minimum Gasteiger partial charge on any atom is -0.411 e. The number of piperidine rings is 1. The molecule has 0 saturated carbocycles. The van der Waals surface area contributed by atoms with Crippen molar-refractivity contribution in [1.82, 2.24) is 14.9 Å². The molecule has 0 bridgehead atoms. The van der Waals surface area contributed by atoms with Crippen molar-refractivity contribution in [2.24, 2.45) is 5.16 Å². The van der Waals surface area contributed by atoms with Gasteiger partial charge in [-0.1, -0.05) is 23.0 Å². The Morgan fingerprint density at radius 1 is 1.31 bits per heavy atom. The quantitative estimate of drug-likeness (QED) is 0.255. The van der Waals surface area contributed by atoms with E-state index in [2.05, 4.69) is 20.4 Å². The second-order valence-corrected chi connectivity index (χ2v) is 7.40. The number of halogens is 2. The van der Waals surface area contributed by atoms with Gasteiger partial charge in [-0.15, -0.1) is 0 Å². The lowest BCUT2D eigenvalue weighted by molar-refractivity contribution is 0.193. The summed E-state index contributed by atoms with van der Waals surface area (Å²) < 4.78 is 27.5. The summed E-state index contributed by atoms with van der Waals surface area (Å²) in [5.41, 5.74) is 1.42. The number of likely N-dealkylation sites (tertiary alicyclic amines) is 1. The number of para-hydroxylation sites is 1. The number of hydrogen-bond acceptors (Lipinski definition) is 6. The summed E-state index contributed by atoms with van der Waals surface area (Å²) in [7, 11) is 0. The van der Waals surface area contributed by atoms with E-state index in [1.165, 1.54) is 22.7 Å². The number of thioether (sulfide) groups is 1. The molecule has 2 N–H and O–H groups in total. The summed E-state index contributed by atoms with van der Waals surface area (Å²) in [6.07, 6.45) is 4.75. The smallest absolute Gasteiger partial charge is 0.322 e. The highest BCUT2D eigenvalue weighted by molar-refractivity contribution is 7.98. The first-order valence-electron chi connectivity index (χ1n) is 9.04. The van der Waals surface area contributed by atoms with Crippen molar-refractivity contribution in [1.29, 1.82) is 0 Å². The number of nitrogens with one attached hydrogen (secondary N) is 1. The van der Waals surface area contributed by atoms with Crippen molar-refractivity contribution >= 4 is 29.2 Å². The van der Waals surface area contributed by atoms with Gasteiger partial charge in [-0.2, -0.15) is 0 Å². The number of carbonyl (C=O) groups excluding carboxylic acids is 1. The number of anilines is 1. The monoisotopic (exact) mass is 421 g/mol. The van der Waals surface area contributed by atoms with Crippen LogP contribution in [-0.4, -0.2) is 51.2 Å². The number of benzene rings is 1. The maximum atomic E-state index is 13.8. The highest BCUT2D eigenvalue weighted by atomic mass is 32.2. The Kier molecular flexibility index (Phi) is 6.63. The van der Waals surface area contributed by atoms with E-state index in [4.69, 9.17) is 5.21 Å². The third-order valence-corrected chi connectivity index (χ3v) is 5.44. The van der Waals surface area contributed by atoms with Crippen molar-refractivity contribution in [3.8, 4) is 0 Å². The number of carbonyl (C=O) groups is 1. The third kappa shape index (κ3) is 4.64. The van der Waals surface area contributed by atoms with Gasteiger partial charge in [-0.3, -0.25) is 0 Å². The Balaban J connectivity index is 1.71. The van der Waals surface area contributed by atoms with E-state index in [1.54, 1.807) is 13.1 Å². The zero-order chi connectivity index (χ0) is 21.0. The largest absolute Gasteiger partial charge is 0.411 e. The summed E-state index contributed by atoms with van der Waals surface area (Å²) in [6, 6.07) is 2.88. The second-order valence-electron chi connectivity index (χ2n) is 6.63. The molecule has 1 aliphatic heterocycles. The van der Waals surface area contributed by atoms with Crippen molar-refractivity contribution in [2.45, 2.75) is 30.8 Å². The molecule has 29 heavy (non-hydrogen) atoms. The zero-order valence-electron chi connectivity index (χ0n) is 16.0. The van der Waals surface area contributed by atoms with Gasteiger partial charge in [-0.25, -0.2) is 23.5 Å². The van der Waals surface area contributed by atoms with Gasteiger partial charge in [-0.05, 0) is 38.2 Å². The summed E-state index contributed by atoms with van der Waals surface area (Å²) in [5, 5.41) is 15.3. The average molecular weight is 421 g/mol. The van der Waals surface area contributed by atoms with E-state index >= 15 is 0 Å². The minimum atomic E-state index is -0.817. The molecule has 0 unspecified atom stereocenters. The Morgan fingerprint density at radius 3 is 2.55 bits per heavy atom. The van der Waals surface area contributed by atoms with E-state index in [-0.39, 0.29) is 5.92 Å². The van der Waals surface area contributed by atoms with Crippen LogP contribution in [0.25, 0.3) is 0 Å². The molecule has 154 valence electrons. The van der Waals surface area contributed by atoms with Crippen LogP contribution in [0.5, 0.6) is 0 Å². The van der Waals surface area contributed by atoms with Gasteiger partial charge >= 0.3 is 6.03 Å². The molecular weight excluding hydrogens is 400 g/mol. The first-order chi connectivity index (χ1) is 13.9. The van der Waals surface area contributed by atoms with Gasteiger partial charge < -0.3 is 15.4 Å². The zero-order valence-corrected chi connectivity index (χ0v) is 16.8. The number of oxime groups is 1. The molecule has 1 saturated heterocycles. The molecular formula is C19H21F2N5O2S. The van der Waals surface area contributed by atoms with Gasteiger partial charge in [0.1, 0.15) is 17.3 Å². The molecule has 0 aliphatic carbocycles. The molecule has 1 aromatic heterocycles. The fraction of sp³-hybridized carbons (Fsp3) is 0.368. The maximum Gasteiger partial charge on any atom is 0.322 e. The molecule has 2 amide bonds. The Hall–Kier alpha value is -2.75. The van der Waals surface area contributed by atoms with Crippen LogP contribution >= 0.6 is 11.8 Å². The average Bonchev–Trinajstić information content (AvgIpc) is 2.75. The number of rotatable bonds is 4. The molecule has 7 nitrogen and oxygen atoms in total. The first kappa shape index (κ1) is 21.0.